The number of hydrogen-bond donors (Lipinski definition) is 1. The zero-order valence-electron chi connectivity index (χ0n) is 36.3. The van der Waals surface area contributed by atoms with E-state index in [1.54, 1.807) is 0 Å². The van der Waals surface area contributed by atoms with Crippen LogP contribution in [0.5, 0.6) is 0 Å². The number of rotatable bonds is 7. The highest BCUT2D eigenvalue weighted by Crippen LogP contribution is 2.43. The normalized spacial score (nSPS) is 16.2. The van der Waals surface area contributed by atoms with Crippen molar-refractivity contribution in [1.29, 1.82) is 0 Å². The molecule has 2 heterocycles. The zero-order valence-corrected chi connectivity index (χ0v) is 36.3. The first-order chi connectivity index (χ1) is 31.5. The Kier molecular flexibility index (Phi) is 10.0. The molecule has 2 unspecified atom stereocenters. The highest BCUT2D eigenvalue weighted by Gasteiger charge is 2.25. The lowest BCUT2D eigenvalue weighted by molar-refractivity contribution is 0.668. The maximum atomic E-state index is 5.37. The van der Waals surface area contributed by atoms with Crippen LogP contribution in [0, 0.1) is 12.8 Å². The number of hydrogen-bond acceptors (Lipinski definition) is 3. The second kappa shape index (κ2) is 16.5. The van der Waals surface area contributed by atoms with E-state index in [2.05, 4.69) is 225 Å². The third kappa shape index (κ3) is 7.07. The van der Waals surface area contributed by atoms with Crippen molar-refractivity contribution in [3.63, 3.8) is 0 Å². The molecule has 2 aliphatic rings. The number of allylic oxidation sites excluding steroid dienone is 4. The molecule has 0 saturated heterocycles. The second-order valence-corrected chi connectivity index (χ2v) is 17.1. The van der Waals surface area contributed by atoms with Crippen LogP contribution < -0.4 is 5.32 Å². The van der Waals surface area contributed by atoms with Gasteiger partial charge in [-0.05, 0) is 117 Å². The molecular formula is C60H48N4. The molecule has 1 aromatic heterocycles. The number of nitrogens with one attached hydrogen (secondary N) is 1. The molecule has 0 radical (unpaired) electrons. The summed E-state index contributed by atoms with van der Waals surface area (Å²) in [6.45, 7) is 6.86. The van der Waals surface area contributed by atoms with E-state index in [1.165, 1.54) is 50.1 Å². The molecule has 0 fully saturated rings. The molecule has 0 spiro atoms. The van der Waals surface area contributed by atoms with Gasteiger partial charge in [0.2, 0.25) is 5.96 Å². The Balaban J connectivity index is 1.09. The third-order valence-electron chi connectivity index (χ3n) is 13.0. The van der Waals surface area contributed by atoms with Gasteiger partial charge >= 0.3 is 0 Å². The van der Waals surface area contributed by atoms with Crippen LogP contribution in [0.3, 0.4) is 0 Å². The van der Waals surface area contributed by atoms with Crippen LogP contribution in [-0.2, 0) is 0 Å². The molecule has 2 atom stereocenters. The maximum Gasteiger partial charge on any atom is 0.234 e. The van der Waals surface area contributed by atoms with Crippen LogP contribution >= 0.6 is 0 Å². The molecule has 0 saturated carbocycles. The lowest BCUT2D eigenvalue weighted by Crippen LogP contribution is -2.35. The summed E-state index contributed by atoms with van der Waals surface area (Å²) in [6.07, 6.45) is 5.36. The van der Waals surface area contributed by atoms with Gasteiger partial charge in [-0.25, -0.2) is 4.99 Å². The minimum absolute atomic E-state index is 0.326. The Hall–Kier alpha value is -7.82. The third-order valence-corrected chi connectivity index (χ3v) is 13.0. The number of fused-ring (bicyclic) bond motifs is 3. The predicted octanol–water partition coefficient (Wildman–Crippen LogP) is 15.1. The molecule has 9 aromatic rings. The molecule has 0 bridgehead atoms. The Morgan fingerprint density at radius 1 is 0.500 bits per heavy atom. The highest BCUT2D eigenvalue weighted by atomic mass is 15.3. The quantitative estimate of drug-likeness (QED) is 0.171. The molecule has 1 aliphatic carbocycles. The summed E-state index contributed by atoms with van der Waals surface area (Å²) in [5, 5.41) is 5.94. The van der Waals surface area contributed by atoms with E-state index in [1.807, 2.05) is 12.1 Å². The monoisotopic (exact) mass is 824 g/mol. The number of benzene rings is 8. The topological polar surface area (TPSA) is 41.7 Å². The van der Waals surface area contributed by atoms with Crippen LogP contribution in [-0.4, -0.2) is 16.4 Å². The van der Waals surface area contributed by atoms with Crippen LogP contribution in [0.1, 0.15) is 48.7 Å². The number of nitrogens with zero attached hydrogens (tertiary/aromatic N) is 3. The van der Waals surface area contributed by atoms with E-state index < -0.39 is 0 Å². The first kappa shape index (κ1) is 39.1. The van der Waals surface area contributed by atoms with Crippen molar-refractivity contribution in [3.05, 3.63) is 234 Å². The molecule has 0 amide bonds. The fraction of sp³-hybridized carbons (Fsp3) is 0.100. The van der Waals surface area contributed by atoms with E-state index in [4.69, 9.17) is 9.98 Å². The fourth-order valence-electron chi connectivity index (χ4n) is 9.76. The van der Waals surface area contributed by atoms with Gasteiger partial charge in [0.25, 0.3) is 0 Å². The number of aliphatic imine (C=N–C) groups is 2. The summed E-state index contributed by atoms with van der Waals surface area (Å²) in [5.41, 5.74) is 19.2. The Labute approximate surface area is 375 Å². The Bertz CT molecular complexity index is 3350. The summed E-state index contributed by atoms with van der Waals surface area (Å²) in [5.74, 6) is 1.95. The molecule has 64 heavy (non-hydrogen) atoms. The van der Waals surface area contributed by atoms with E-state index in [0.29, 0.717) is 11.9 Å². The van der Waals surface area contributed by atoms with Crippen molar-refractivity contribution in [3.8, 4) is 44.5 Å². The van der Waals surface area contributed by atoms with Crippen molar-refractivity contribution in [2.24, 2.45) is 15.9 Å². The van der Waals surface area contributed by atoms with Crippen molar-refractivity contribution >= 4 is 39.2 Å². The Morgan fingerprint density at radius 3 is 1.83 bits per heavy atom. The SMILES string of the molecule is CC1=C(c2cccc(-c3ccccc3-c3ccccc3-c3ccc4c(c3)c3ccc(-c5ccccc5)cc3n4C3=NC(c4ccccc4)NC(c4ccccc4)=N3)c2C)CC(C)C=C1. The zero-order chi connectivity index (χ0) is 43.1. The van der Waals surface area contributed by atoms with E-state index in [-0.39, 0.29) is 6.17 Å². The van der Waals surface area contributed by atoms with Gasteiger partial charge in [-0.3, -0.25) is 4.57 Å². The fourth-order valence-corrected chi connectivity index (χ4v) is 9.76. The summed E-state index contributed by atoms with van der Waals surface area (Å²) < 4.78 is 2.26. The lowest BCUT2D eigenvalue weighted by atomic mass is 9.82. The van der Waals surface area contributed by atoms with Crippen molar-refractivity contribution in [2.75, 3.05) is 0 Å². The van der Waals surface area contributed by atoms with Crippen LogP contribution in [0.4, 0.5) is 0 Å². The standard InChI is InChI=1S/C60H48N4/c1-39-30-31-40(2)54(36-39)48-29-17-28-47(41(48)3)50-25-15-16-27-52(50)51-26-14-13-24-49(51)46-33-35-56-55(37-46)53-34-32-45(42-18-7-4-8-19-42)38-57(53)64(56)60-62-58(43-20-9-5-10-21-43)61-59(63-60)44-22-11-6-12-23-44/h4-35,37-39,58H,36H2,1-3H3,(H,61,62,63). The highest BCUT2D eigenvalue weighted by molar-refractivity contribution is 6.18. The Morgan fingerprint density at radius 2 is 1.09 bits per heavy atom. The predicted molar refractivity (Wildman–Crippen MR) is 270 cm³/mol. The number of amidine groups is 1. The maximum absolute atomic E-state index is 5.37. The largest absolute Gasteiger partial charge is 0.344 e. The lowest BCUT2D eigenvalue weighted by Gasteiger charge is -2.24. The van der Waals surface area contributed by atoms with Crippen molar-refractivity contribution in [2.45, 2.75) is 33.4 Å². The molecule has 4 heteroatoms. The molecular weight excluding hydrogens is 777 g/mol. The van der Waals surface area contributed by atoms with Gasteiger partial charge in [0.15, 0.2) is 0 Å². The molecule has 308 valence electrons. The second-order valence-electron chi connectivity index (χ2n) is 17.1. The minimum atomic E-state index is -0.326. The average molecular weight is 825 g/mol. The molecule has 4 nitrogen and oxygen atoms in total. The van der Waals surface area contributed by atoms with Crippen molar-refractivity contribution in [1.82, 2.24) is 9.88 Å². The summed E-state index contributed by atoms with van der Waals surface area (Å²) in [7, 11) is 0. The van der Waals surface area contributed by atoms with Crippen molar-refractivity contribution < 1.29 is 0 Å². The van der Waals surface area contributed by atoms with Crippen LogP contribution in [0.2, 0.25) is 0 Å². The minimum Gasteiger partial charge on any atom is -0.344 e. The average Bonchev–Trinajstić information content (AvgIpc) is 3.68. The van der Waals surface area contributed by atoms with E-state index >= 15 is 0 Å². The first-order valence-corrected chi connectivity index (χ1v) is 22.3. The van der Waals surface area contributed by atoms with Gasteiger partial charge in [0, 0.05) is 16.3 Å². The first-order valence-electron chi connectivity index (χ1n) is 22.3. The summed E-state index contributed by atoms with van der Waals surface area (Å²) in [6, 6.07) is 69.7. The molecule has 11 rings (SSSR count). The molecule has 1 N–H and O–H groups in total. The molecule has 8 aromatic carbocycles. The van der Waals surface area contributed by atoms with Crippen LogP contribution in [0.25, 0.3) is 71.9 Å². The molecule has 1 aliphatic heterocycles. The van der Waals surface area contributed by atoms with Gasteiger partial charge in [0.05, 0.1) is 11.0 Å². The van der Waals surface area contributed by atoms with Gasteiger partial charge in [-0.2, -0.15) is 4.99 Å². The summed E-state index contributed by atoms with van der Waals surface area (Å²) in [4.78, 5) is 10.7. The van der Waals surface area contributed by atoms with Gasteiger partial charge in [-0.1, -0.05) is 195 Å². The van der Waals surface area contributed by atoms with Gasteiger partial charge < -0.3 is 5.32 Å². The summed E-state index contributed by atoms with van der Waals surface area (Å²) >= 11 is 0. The smallest absolute Gasteiger partial charge is 0.234 e. The number of aromatic nitrogens is 1. The van der Waals surface area contributed by atoms with Gasteiger partial charge in [0.1, 0.15) is 12.0 Å². The van der Waals surface area contributed by atoms with Crippen LogP contribution in [0.15, 0.2) is 222 Å². The van der Waals surface area contributed by atoms with E-state index in [0.717, 1.165) is 61.9 Å². The van der Waals surface area contributed by atoms with Gasteiger partial charge in [-0.15, -0.1) is 0 Å². The van der Waals surface area contributed by atoms with E-state index in [9.17, 15) is 0 Å².